The lowest BCUT2D eigenvalue weighted by Crippen LogP contribution is -2.38. The fourth-order valence-electron chi connectivity index (χ4n) is 2.42. The van der Waals surface area contributed by atoms with Gasteiger partial charge in [-0.05, 0) is 30.5 Å². The number of rotatable bonds is 5. The maximum Gasteiger partial charge on any atom is 0.123 e. The van der Waals surface area contributed by atoms with E-state index in [1.807, 2.05) is 11.8 Å². The van der Waals surface area contributed by atoms with E-state index in [0.29, 0.717) is 12.0 Å². The molecular weight excluding hydrogens is 261 g/mol. The molecule has 1 aromatic rings. The van der Waals surface area contributed by atoms with E-state index in [2.05, 4.69) is 11.8 Å². The van der Waals surface area contributed by atoms with Crippen molar-refractivity contribution < 1.29 is 9.50 Å². The molecule has 1 aromatic carbocycles. The number of nitrogens with zero attached hydrogens (tertiary/aromatic N) is 1. The summed E-state index contributed by atoms with van der Waals surface area (Å²) in [5.74, 6) is 0.895. The predicted octanol–water partition coefficient (Wildman–Crippen LogP) is 3.08. The van der Waals surface area contributed by atoms with Crippen LogP contribution in [0.5, 0.6) is 0 Å². The van der Waals surface area contributed by atoms with Crippen LogP contribution in [0.1, 0.15) is 31.4 Å². The number of thioether (sulfide) groups is 1. The summed E-state index contributed by atoms with van der Waals surface area (Å²) in [5.41, 5.74) is 0.679. The third kappa shape index (κ3) is 4.48. The van der Waals surface area contributed by atoms with E-state index in [9.17, 15) is 9.50 Å². The first-order valence-corrected chi connectivity index (χ1v) is 8.01. The smallest absolute Gasteiger partial charge is 0.123 e. The molecular formula is C15H22FNOS. The van der Waals surface area contributed by atoms with E-state index in [1.165, 1.54) is 24.3 Å². The number of halogens is 1. The summed E-state index contributed by atoms with van der Waals surface area (Å²) in [6.07, 6.45) is 1.31. The second kappa shape index (κ2) is 7.27. The first-order valence-electron chi connectivity index (χ1n) is 6.96. The molecule has 2 nitrogen and oxygen atoms in total. The van der Waals surface area contributed by atoms with Crippen molar-refractivity contribution in [2.75, 3.05) is 25.4 Å². The van der Waals surface area contributed by atoms with Gasteiger partial charge in [-0.2, -0.15) is 11.8 Å². The Morgan fingerprint density at radius 3 is 3.11 bits per heavy atom. The van der Waals surface area contributed by atoms with Crippen molar-refractivity contribution in [2.24, 2.45) is 0 Å². The van der Waals surface area contributed by atoms with Crippen molar-refractivity contribution in [1.29, 1.82) is 0 Å². The van der Waals surface area contributed by atoms with Crippen LogP contribution in [0.25, 0.3) is 0 Å². The van der Waals surface area contributed by atoms with Gasteiger partial charge in [0.05, 0.1) is 6.10 Å². The Hall–Kier alpha value is -0.580. The molecule has 1 aliphatic heterocycles. The van der Waals surface area contributed by atoms with Crippen molar-refractivity contribution in [2.45, 2.75) is 31.1 Å². The van der Waals surface area contributed by atoms with Crippen LogP contribution in [-0.2, 0) is 0 Å². The topological polar surface area (TPSA) is 23.5 Å². The summed E-state index contributed by atoms with van der Waals surface area (Å²) >= 11 is 2.05. The molecule has 0 aromatic heterocycles. The number of hydrogen-bond donors (Lipinski definition) is 1. The first-order chi connectivity index (χ1) is 9.19. The summed E-state index contributed by atoms with van der Waals surface area (Å²) in [4.78, 5) is 2.41. The summed E-state index contributed by atoms with van der Waals surface area (Å²) in [6, 6.07) is 6.27. The average molecular weight is 283 g/mol. The molecule has 0 amide bonds. The molecule has 1 aliphatic rings. The van der Waals surface area contributed by atoms with E-state index in [0.717, 1.165) is 24.9 Å². The molecule has 0 bridgehead atoms. The highest BCUT2D eigenvalue weighted by Crippen LogP contribution is 2.23. The van der Waals surface area contributed by atoms with Gasteiger partial charge in [-0.3, -0.25) is 0 Å². The fraction of sp³-hybridized carbons (Fsp3) is 0.600. The molecule has 19 heavy (non-hydrogen) atoms. The van der Waals surface area contributed by atoms with Crippen LogP contribution in [0.3, 0.4) is 0 Å². The minimum Gasteiger partial charge on any atom is -0.388 e. The molecule has 1 fully saturated rings. The molecule has 106 valence electrons. The molecule has 2 unspecified atom stereocenters. The van der Waals surface area contributed by atoms with Crippen LogP contribution in [0, 0.1) is 5.82 Å². The third-order valence-corrected chi connectivity index (χ3v) is 5.00. The molecule has 0 spiro atoms. The van der Waals surface area contributed by atoms with E-state index in [4.69, 9.17) is 0 Å². The molecule has 1 N–H and O–H groups in total. The van der Waals surface area contributed by atoms with Crippen molar-refractivity contribution >= 4 is 11.8 Å². The van der Waals surface area contributed by atoms with Gasteiger partial charge in [0.2, 0.25) is 0 Å². The number of hydrogen-bond acceptors (Lipinski definition) is 3. The zero-order valence-corrected chi connectivity index (χ0v) is 12.2. The first kappa shape index (κ1) is 14.8. The predicted molar refractivity (Wildman–Crippen MR) is 79.0 cm³/mol. The normalized spacial score (nSPS) is 22.4. The quantitative estimate of drug-likeness (QED) is 0.898. The van der Waals surface area contributed by atoms with Gasteiger partial charge in [0.15, 0.2) is 0 Å². The monoisotopic (exact) mass is 283 g/mol. The van der Waals surface area contributed by atoms with Crippen LogP contribution >= 0.6 is 11.8 Å². The number of aliphatic hydroxyl groups is 1. The Morgan fingerprint density at radius 1 is 1.53 bits per heavy atom. The van der Waals surface area contributed by atoms with Crippen LogP contribution in [0.15, 0.2) is 24.3 Å². The number of benzene rings is 1. The highest BCUT2D eigenvalue weighted by Gasteiger charge is 2.19. The number of aliphatic hydroxyl groups excluding tert-OH is 1. The van der Waals surface area contributed by atoms with Gasteiger partial charge in [-0.1, -0.05) is 19.1 Å². The lowest BCUT2D eigenvalue weighted by Gasteiger charge is -2.32. The second-order valence-corrected chi connectivity index (χ2v) is 6.47. The molecule has 2 atom stereocenters. The fourth-order valence-corrected chi connectivity index (χ4v) is 3.66. The zero-order valence-electron chi connectivity index (χ0n) is 11.4. The highest BCUT2D eigenvalue weighted by molar-refractivity contribution is 8.00. The van der Waals surface area contributed by atoms with Gasteiger partial charge in [-0.25, -0.2) is 4.39 Å². The molecule has 2 rings (SSSR count). The molecule has 1 heterocycles. The van der Waals surface area contributed by atoms with Gasteiger partial charge in [0.25, 0.3) is 0 Å². The highest BCUT2D eigenvalue weighted by atomic mass is 32.2. The van der Waals surface area contributed by atoms with Crippen LogP contribution in [0.4, 0.5) is 4.39 Å². The SMILES string of the molecule is CCC1CN(CCC(O)c2cccc(F)c2)CCS1. The Balaban J connectivity index is 1.81. The largest absolute Gasteiger partial charge is 0.388 e. The van der Waals surface area contributed by atoms with Crippen LogP contribution < -0.4 is 0 Å². The minimum atomic E-state index is -0.564. The van der Waals surface area contributed by atoms with E-state index >= 15 is 0 Å². The summed E-state index contributed by atoms with van der Waals surface area (Å²) in [7, 11) is 0. The maximum atomic E-state index is 13.1. The Kier molecular flexibility index (Phi) is 5.67. The Morgan fingerprint density at radius 2 is 2.37 bits per heavy atom. The lowest BCUT2D eigenvalue weighted by atomic mass is 10.1. The zero-order chi connectivity index (χ0) is 13.7. The van der Waals surface area contributed by atoms with Gasteiger partial charge < -0.3 is 10.0 Å². The average Bonchev–Trinajstić information content (AvgIpc) is 2.45. The van der Waals surface area contributed by atoms with Crippen molar-refractivity contribution in [3.8, 4) is 0 Å². The lowest BCUT2D eigenvalue weighted by molar-refractivity contribution is 0.142. The van der Waals surface area contributed by atoms with Crippen molar-refractivity contribution in [3.63, 3.8) is 0 Å². The second-order valence-electron chi connectivity index (χ2n) is 5.06. The summed E-state index contributed by atoms with van der Waals surface area (Å²) in [5, 5.41) is 10.8. The van der Waals surface area contributed by atoms with Gasteiger partial charge in [0.1, 0.15) is 5.82 Å². The molecule has 4 heteroatoms. The molecule has 0 radical (unpaired) electrons. The molecule has 0 aliphatic carbocycles. The van der Waals surface area contributed by atoms with Gasteiger partial charge >= 0.3 is 0 Å². The Labute approximate surface area is 119 Å². The van der Waals surface area contributed by atoms with Crippen LogP contribution in [0.2, 0.25) is 0 Å². The van der Waals surface area contributed by atoms with Gasteiger partial charge in [0, 0.05) is 30.6 Å². The van der Waals surface area contributed by atoms with Crippen molar-refractivity contribution in [3.05, 3.63) is 35.6 Å². The van der Waals surface area contributed by atoms with Gasteiger partial charge in [-0.15, -0.1) is 0 Å². The van der Waals surface area contributed by atoms with E-state index in [-0.39, 0.29) is 5.82 Å². The van der Waals surface area contributed by atoms with E-state index < -0.39 is 6.10 Å². The molecule has 0 saturated carbocycles. The molecule has 1 saturated heterocycles. The standard InChI is InChI=1S/C15H22FNOS/c1-2-14-11-17(8-9-19-14)7-6-15(18)12-4-3-5-13(16)10-12/h3-5,10,14-15,18H,2,6-9,11H2,1H3. The maximum absolute atomic E-state index is 13.1. The van der Waals surface area contributed by atoms with Crippen molar-refractivity contribution in [1.82, 2.24) is 4.90 Å². The summed E-state index contributed by atoms with van der Waals surface area (Å²) < 4.78 is 13.1. The van der Waals surface area contributed by atoms with Crippen LogP contribution in [-0.4, -0.2) is 40.6 Å². The Bertz CT molecular complexity index is 401. The van der Waals surface area contributed by atoms with E-state index in [1.54, 1.807) is 12.1 Å². The minimum absolute atomic E-state index is 0.281. The summed E-state index contributed by atoms with van der Waals surface area (Å²) in [6.45, 7) is 5.31. The third-order valence-electron chi connectivity index (χ3n) is 3.63.